The lowest BCUT2D eigenvalue weighted by Crippen LogP contribution is -2.47. The van der Waals surface area contributed by atoms with Crippen molar-refractivity contribution in [1.82, 2.24) is 10.6 Å². The van der Waals surface area contributed by atoms with Gasteiger partial charge < -0.3 is 15.7 Å². The van der Waals surface area contributed by atoms with Gasteiger partial charge in [0, 0.05) is 6.92 Å². The number of rotatable bonds is 6. The van der Waals surface area contributed by atoms with Crippen molar-refractivity contribution >= 4 is 17.6 Å². The van der Waals surface area contributed by atoms with E-state index in [4.69, 9.17) is 5.11 Å². The first-order chi connectivity index (χ1) is 7.01. The molecule has 0 aromatic carbocycles. The summed E-state index contributed by atoms with van der Waals surface area (Å²) < 4.78 is 0. The van der Waals surface area contributed by atoms with Gasteiger partial charge in [0.25, 0.3) is 0 Å². The van der Waals surface area contributed by atoms with Gasteiger partial charge in [-0.25, -0.2) is 0 Å². The molecule has 86 valence electrons. The van der Waals surface area contributed by atoms with Crippen LogP contribution in [-0.2, 0) is 14.4 Å². The van der Waals surface area contributed by atoms with Gasteiger partial charge in [0.05, 0.1) is 6.54 Å². The first-order valence-electron chi connectivity index (χ1n) is 4.68. The topological polar surface area (TPSA) is 95.5 Å². The second kappa shape index (κ2) is 6.94. The van der Waals surface area contributed by atoms with E-state index >= 15 is 0 Å². The number of nitrogens with one attached hydrogen (secondary N) is 2. The van der Waals surface area contributed by atoms with Gasteiger partial charge in [-0.2, -0.15) is 0 Å². The predicted molar refractivity (Wildman–Crippen MR) is 53.0 cm³/mol. The van der Waals surface area contributed by atoms with Crippen LogP contribution in [0.3, 0.4) is 0 Å². The van der Waals surface area contributed by atoms with Crippen LogP contribution in [0.25, 0.3) is 0 Å². The SMILES string of the molecule is CC[C@H](NC(C)=O)C(=O)NCC(=O)CO. The normalized spacial score (nSPS) is 11.7. The van der Waals surface area contributed by atoms with Gasteiger partial charge in [0.1, 0.15) is 12.6 Å². The van der Waals surface area contributed by atoms with Gasteiger partial charge in [-0.15, -0.1) is 0 Å². The molecule has 6 heteroatoms. The Morgan fingerprint density at radius 2 is 1.93 bits per heavy atom. The second-order valence-electron chi connectivity index (χ2n) is 3.08. The smallest absolute Gasteiger partial charge is 0.242 e. The number of hydrogen-bond donors (Lipinski definition) is 3. The highest BCUT2D eigenvalue weighted by molar-refractivity contribution is 5.90. The van der Waals surface area contributed by atoms with Crippen molar-refractivity contribution < 1.29 is 19.5 Å². The molecule has 0 bridgehead atoms. The molecule has 0 spiro atoms. The number of hydrogen-bond acceptors (Lipinski definition) is 4. The first-order valence-corrected chi connectivity index (χ1v) is 4.68. The minimum atomic E-state index is -0.631. The largest absolute Gasteiger partial charge is 0.389 e. The zero-order valence-corrected chi connectivity index (χ0v) is 8.87. The Balaban J connectivity index is 4.04. The van der Waals surface area contributed by atoms with E-state index in [0.29, 0.717) is 6.42 Å². The molecule has 0 unspecified atom stereocenters. The molecule has 3 N–H and O–H groups in total. The van der Waals surface area contributed by atoms with E-state index in [-0.39, 0.29) is 12.5 Å². The summed E-state index contributed by atoms with van der Waals surface area (Å²) in [6.07, 6.45) is 0.443. The fraction of sp³-hybridized carbons (Fsp3) is 0.667. The summed E-state index contributed by atoms with van der Waals surface area (Å²) in [4.78, 5) is 32.8. The van der Waals surface area contributed by atoms with Crippen LogP contribution in [0, 0.1) is 0 Å². The van der Waals surface area contributed by atoms with Gasteiger partial charge in [-0.05, 0) is 6.42 Å². The van der Waals surface area contributed by atoms with Gasteiger partial charge in [-0.3, -0.25) is 14.4 Å². The molecule has 6 nitrogen and oxygen atoms in total. The lowest BCUT2D eigenvalue weighted by molar-refractivity contribution is -0.129. The fourth-order valence-corrected chi connectivity index (χ4v) is 0.963. The van der Waals surface area contributed by atoms with Crippen molar-refractivity contribution in [2.75, 3.05) is 13.2 Å². The summed E-state index contributed by atoms with van der Waals surface area (Å²) in [6.45, 7) is 2.24. The molecule has 0 aromatic rings. The van der Waals surface area contributed by atoms with Crippen LogP contribution in [0.4, 0.5) is 0 Å². The minimum Gasteiger partial charge on any atom is -0.389 e. The summed E-state index contributed by atoms with van der Waals surface area (Å²) in [6, 6.07) is -0.631. The molecular formula is C9H16N2O4. The number of amides is 2. The van der Waals surface area contributed by atoms with Gasteiger partial charge >= 0.3 is 0 Å². The molecule has 1 atom stereocenters. The lowest BCUT2D eigenvalue weighted by Gasteiger charge is -2.14. The Labute approximate surface area is 88.0 Å². The van der Waals surface area contributed by atoms with Crippen LogP contribution in [0.2, 0.25) is 0 Å². The van der Waals surface area contributed by atoms with Crippen molar-refractivity contribution in [3.8, 4) is 0 Å². The average Bonchev–Trinajstić information content (AvgIpc) is 2.21. The molecule has 0 rings (SSSR count). The number of aliphatic hydroxyl groups is 1. The Bertz CT molecular complexity index is 252. The summed E-state index contributed by atoms with van der Waals surface area (Å²) in [5.74, 6) is -1.19. The van der Waals surface area contributed by atoms with Crippen LogP contribution in [0.1, 0.15) is 20.3 Å². The zero-order valence-electron chi connectivity index (χ0n) is 8.87. The third-order valence-electron chi connectivity index (χ3n) is 1.74. The monoisotopic (exact) mass is 216 g/mol. The summed E-state index contributed by atoms with van der Waals surface area (Å²) in [7, 11) is 0. The van der Waals surface area contributed by atoms with E-state index in [0.717, 1.165) is 0 Å². The van der Waals surface area contributed by atoms with E-state index in [2.05, 4.69) is 10.6 Å². The number of aliphatic hydroxyl groups excluding tert-OH is 1. The molecule has 15 heavy (non-hydrogen) atoms. The molecular weight excluding hydrogens is 200 g/mol. The summed E-state index contributed by atoms with van der Waals surface area (Å²) in [5.41, 5.74) is 0. The Hall–Kier alpha value is -1.43. The molecule has 0 aliphatic heterocycles. The molecule has 0 aromatic heterocycles. The zero-order chi connectivity index (χ0) is 11.8. The quantitative estimate of drug-likeness (QED) is 0.507. The maximum Gasteiger partial charge on any atom is 0.242 e. The molecule has 0 aliphatic carbocycles. The van der Waals surface area contributed by atoms with Crippen LogP contribution >= 0.6 is 0 Å². The van der Waals surface area contributed by atoms with Crippen LogP contribution in [-0.4, -0.2) is 41.9 Å². The molecule has 0 aliphatic rings. The summed E-state index contributed by atoms with van der Waals surface area (Å²) >= 11 is 0. The second-order valence-corrected chi connectivity index (χ2v) is 3.08. The van der Waals surface area contributed by atoms with Gasteiger partial charge in [-0.1, -0.05) is 6.92 Å². The lowest BCUT2D eigenvalue weighted by atomic mass is 10.2. The third kappa shape index (κ3) is 5.79. The van der Waals surface area contributed by atoms with Gasteiger partial charge in [0.15, 0.2) is 5.78 Å². The van der Waals surface area contributed by atoms with Crippen LogP contribution in [0.5, 0.6) is 0 Å². The Morgan fingerprint density at radius 3 is 2.33 bits per heavy atom. The van der Waals surface area contributed by atoms with E-state index in [1.807, 2.05) is 0 Å². The van der Waals surface area contributed by atoms with Gasteiger partial charge in [0.2, 0.25) is 11.8 Å². The molecule has 0 heterocycles. The molecule has 0 saturated heterocycles. The van der Waals surface area contributed by atoms with Crippen molar-refractivity contribution in [3.05, 3.63) is 0 Å². The van der Waals surface area contributed by atoms with Crippen molar-refractivity contribution in [2.24, 2.45) is 0 Å². The molecule has 2 amide bonds. The predicted octanol–water partition coefficient (Wildman–Crippen LogP) is -1.42. The number of carbonyl (C=O) groups excluding carboxylic acids is 3. The van der Waals surface area contributed by atoms with Crippen molar-refractivity contribution in [3.63, 3.8) is 0 Å². The number of carbonyl (C=O) groups is 3. The molecule has 0 fully saturated rings. The highest BCUT2D eigenvalue weighted by atomic mass is 16.3. The first kappa shape index (κ1) is 13.6. The van der Waals surface area contributed by atoms with Crippen LogP contribution < -0.4 is 10.6 Å². The standard InChI is InChI=1S/C9H16N2O4/c1-3-8(11-6(2)13)9(15)10-4-7(14)5-12/h8,12H,3-5H2,1-2H3,(H,10,15)(H,11,13)/t8-/m0/s1. The average molecular weight is 216 g/mol. The Morgan fingerprint density at radius 1 is 1.33 bits per heavy atom. The van der Waals surface area contributed by atoms with Crippen LogP contribution in [0.15, 0.2) is 0 Å². The van der Waals surface area contributed by atoms with Crippen molar-refractivity contribution in [2.45, 2.75) is 26.3 Å². The Kier molecular flexibility index (Phi) is 6.28. The fourth-order valence-electron chi connectivity index (χ4n) is 0.963. The van der Waals surface area contributed by atoms with Crippen molar-refractivity contribution in [1.29, 1.82) is 0 Å². The molecule has 0 saturated carbocycles. The maximum absolute atomic E-state index is 11.4. The van der Waals surface area contributed by atoms with E-state index in [9.17, 15) is 14.4 Å². The minimum absolute atomic E-state index is 0.217. The maximum atomic E-state index is 11.4. The number of Topliss-reactive ketones (excluding diaryl/α,β-unsaturated/α-hetero) is 1. The third-order valence-corrected chi connectivity index (χ3v) is 1.74. The highest BCUT2D eigenvalue weighted by Crippen LogP contribution is 1.90. The van der Waals surface area contributed by atoms with E-state index in [1.54, 1.807) is 6.92 Å². The van der Waals surface area contributed by atoms with E-state index < -0.39 is 24.3 Å². The van der Waals surface area contributed by atoms with E-state index in [1.165, 1.54) is 6.92 Å². The number of ketones is 1. The highest BCUT2D eigenvalue weighted by Gasteiger charge is 2.17. The molecule has 0 radical (unpaired) electrons. The summed E-state index contributed by atoms with van der Waals surface area (Å²) in [5, 5.41) is 13.2.